The Morgan fingerprint density at radius 1 is 1.09 bits per heavy atom. The highest BCUT2D eigenvalue weighted by Crippen LogP contribution is 2.29. The van der Waals surface area contributed by atoms with E-state index in [1.165, 1.54) is 12.1 Å². The molecular weight excluding hydrogens is 313 g/mol. The highest BCUT2D eigenvalue weighted by molar-refractivity contribution is 7.99. The average molecular weight is 330 g/mol. The van der Waals surface area contributed by atoms with Crippen molar-refractivity contribution in [1.29, 1.82) is 0 Å². The smallest absolute Gasteiger partial charge is 0.348 e. The summed E-state index contributed by atoms with van der Waals surface area (Å²) in [6, 6.07) is 5.01. The minimum atomic E-state index is -4.30. The molecule has 120 valence electrons. The molecule has 0 aromatic heterocycles. The molecule has 2 nitrogen and oxygen atoms in total. The zero-order valence-electron chi connectivity index (χ0n) is 12.0. The topological polar surface area (TPSA) is 18.5 Å². The first-order valence-electron chi connectivity index (χ1n) is 6.77. The minimum absolute atomic E-state index is 0.361. The van der Waals surface area contributed by atoms with Crippen LogP contribution in [0.4, 0.5) is 13.2 Å². The molecule has 0 saturated carbocycles. The van der Waals surface area contributed by atoms with E-state index in [2.05, 4.69) is 0 Å². The molecular formula is C16H17F3O2S. The Morgan fingerprint density at radius 2 is 1.73 bits per heavy atom. The lowest BCUT2D eigenvalue weighted by Crippen LogP contribution is -2.32. The lowest BCUT2D eigenvalue weighted by molar-refractivity contribution is -0.146. The predicted octanol–water partition coefficient (Wildman–Crippen LogP) is 4.38. The van der Waals surface area contributed by atoms with Crippen LogP contribution >= 0.6 is 11.8 Å². The van der Waals surface area contributed by atoms with Gasteiger partial charge in [-0.25, -0.2) is 0 Å². The number of hydrogen-bond acceptors (Lipinski definition) is 3. The Kier molecular flexibility index (Phi) is 6.11. The molecule has 0 spiro atoms. The van der Waals surface area contributed by atoms with Crippen molar-refractivity contribution >= 4 is 17.8 Å². The number of rotatable bonds is 4. The van der Waals surface area contributed by atoms with Gasteiger partial charge in [-0.2, -0.15) is 24.9 Å². The first-order chi connectivity index (χ1) is 10.5. The highest BCUT2D eigenvalue weighted by Gasteiger charge is 2.29. The minimum Gasteiger partial charge on any atom is -0.348 e. The molecule has 22 heavy (non-hydrogen) atoms. The van der Waals surface area contributed by atoms with Gasteiger partial charge < -0.3 is 9.47 Å². The lowest BCUT2D eigenvalue weighted by atomic mass is 10.1. The summed E-state index contributed by atoms with van der Waals surface area (Å²) in [7, 11) is 0. The van der Waals surface area contributed by atoms with Crippen LogP contribution in [0.3, 0.4) is 0 Å². The van der Waals surface area contributed by atoms with Gasteiger partial charge in [-0.1, -0.05) is 30.4 Å². The Balaban J connectivity index is 1.83. The Hall–Kier alpha value is -1.24. The van der Waals surface area contributed by atoms with E-state index < -0.39 is 11.7 Å². The quantitative estimate of drug-likeness (QED) is 0.763. The fraction of sp³-hybridized carbons (Fsp3) is 0.375. The number of hydrogen-bond donors (Lipinski definition) is 0. The first kappa shape index (κ1) is 17.1. The van der Waals surface area contributed by atoms with Crippen molar-refractivity contribution in [2.75, 3.05) is 19.5 Å². The second-order valence-electron chi connectivity index (χ2n) is 4.76. The van der Waals surface area contributed by atoms with Gasteiger partial charge >= 0.3 is 6.18 Å². The van der Waals surface area contributed by atoms with Gasteiger partial charge in [0.05, 0.1) is 24.0 Å². The molecule has 1 aromatic rings. The fourth-order valence-electron chi connectivity index (χ4n) is 1.85. The van der Waals surface area contributed by atoms with Gasteiger partial charge in [0.15, 0.2) is 6.29 Å². The standard InChI is InChI=1S/C16H17F3O2S/c1-22-14-10-20-15(21-11-14)5-3-2-4-12-6-8-13(9-7-12)16(17,18)19/h2-9,14-15H,10-11H2,1H3/b4-2+,5-3+. The summed E-state index contributed by atoms with van der Waals surface area (Å²) in [6.45, 7) is 1.30. The van der Waals surface area contributed by atoms with Crippen molar-refractivity contribution < 1.29 is 22.6 Å². The molecule has 0 bridgehead atoms. The van der Waals surface area contributed by atoms with Crippen LogP contribution in [0.1, 0.15) is 11.1 Å². The average Bonchev–Trinajstić information content (AvgIpc) is 2.52. The van der Waals surface area contributed by atoms with Crippen molar-refractivity contribution in [1.82, 2.24) is 0 Å². The molecule has 2 rings (SSSR count). The molecule has 6 heteroatoms. The van der Waals surface area contributed by atoms with Crippen LogP contribution in [-0.4, -0.2) is 31.0 Å². The molecule has 1 aliphatic rings. The van der Waals surface area contributed by atoms with Gasteiger partial charge in [0.25, 0.3) is 0 Å². The van der Waals surface area contributed by atoms with Gasteiger partial charge in [-0.3, -0.25) is 0 Å². The summed E-state index contributed by atoms with van der Waals surface area (Å²) in [5, 5.41) is 0.368. The molecule has 0 atom stereocenters. The molecule has 1 aliphatic heterocycles. The Labute approximate surface area is 132 Å². The number of ether oxygens (including phenoxy) is 2. The zero-order chi connectivity index (χ0) is 16.0. The lowest BCUT2D eigenvalue weighted by Gasteiger charge is -2.26. The normalized spacial score (nSPS) is 23.5. The predicted molar refractivity (Wildman–Crippen MR) is 82.6 cm³/mol. The number of allylic oxidation sites excluding steroid dienone is 2. The summed E-state index contributed by atoms with van der Waals surface area (Å²) in [6.07, 6.45) is 4.37. The second kappa shape index (κ2) is 7.85. The van der Waals surface area contributed by atoms with E-state index in [9.17, 15) is 13.2 Å². The number of alkyl halides is 3. The third-order valence-corrected chi connectivity index (χ3v) is 4.07. The van der Waals surface area contributed by atoms with Gasteiger partial charge in [0, 0.05) is 0 Å². The fourth-order valence-corrected chi connectivity index (χ4v) is 2.28. The van der Waals surface area contributed by atoms with Crippen LogP contribution in [-0.2, 0) is 15.7 Å². The van der Waals surface area contributed by atoms with E-state index in [0.717, 1.165) is 12.1 Å². The highest BCUT2D eigenvalue weighted by atomic mass is 32.2. The van der Waals surface area contributed by atoms with Crippen molar-refractivity contribution in [2.45, 2.75) is 17.7 Å². The third kappa shape index (κ3) is 5.19. The van der Waals surface area contributed by atoms with Crippen molar-refractivity contribution in [3.8, 4) is 0 Å². The van der Waals surface area contributed by atoms with Gasteiger partial charge in [-0.05, 0) is 30.0 Å². The SMILES string of the molecule is CSC1COC(/C=C/C=C/c2ccc(C(F)(F)F)cc2)OC1. The molecule has 0 amide bonds. The summed E-state index contributed by atoms with van der Waals surface area (Å²) < 4.78 is 48.3. The summed E-state index contributed by atoms with van der Waals surface area (Å²) in [5.74, 6) is 0. The molecule has 1 aromatic carbocycles. The van der Waals surface area contributed by atoms with Crippen LogP contribution in [0.2, 0.25) is 0 Å². The molecule has 1 heterocycles. The van der Waals surface area contributed by atoms with E-state index in [4.69, 9.17) is 9.47 Å². The maximum Gasteiger partial charge on any atom is 0.416 e. The molecule has 0 aliphatic carbocycles. The maximum atomic E-state index is 12.4. The largest absolute Gasteiger partial charge is 0.416 e. The zero-order valence-corrected chi connectivity index (χ0v) is 12.9. The Morgan fingerprint density at radius 3 is 2.27 bits per heavy atom. The van der Waals surface area contributed by atoms with Gasteiger partial charge in [-0.15, -0.1) is 0 Å². The summed E-state index contributed by atoms with van der Waals surface area (Å²) in [4.78, 5) is 0. The van der Waals surface area contributed by atoms with Crippen molar-refractivity contribution in [3.63, 3.8) is 0 Å². The first-order valence-corrected chi connectivity index (χ1v) is 8.06. The van der Waals surface area contributed by atoms with E-state index in [1.54, 1.807) is 36.1 Å². The van der Waals surface area contributed by atoms with Crippen molar-refractivity contribution in [3.05, 3.63) is 53.6 Å². The van der Waals surface area contributed by atoms with Gasteiger partial charge in [0.1, 0.15) is 0 Å². The number of thioether (sulfide) groups is 1. The van der Waals surface area contributed by atoms with Crippen LogP contribution in [0.25, 0.3) is 6.08 Å². The van der Waals surface area contributed by atoms with Crippen LogP contribution in [0.5, 0.6) is 0 Å². The van der Waals surface area contributed by atoms with Crippen LogP contribution < -0.4 is 0 Å². The number of halogens is 3. The molecule has 1 fully saturated rings. The van der Waals surface area contributed by atoms with Crippen LogP contribution in [0, 0.1) is 0 Å². The third-order valence-electron chi connectivity index (χ3n) is 3.13. The summed E-state index contributed by atoms with van der Waals surface area (Å²) >= 11 is 1.71. The van der Waals surface area contributed by atoms with Gasteiger partial charge in [0.2, 0.25) is 0 Å². The van der Waals surface area contributed by atoms with Crippen LogP contribution in [0.15, 0.2) is 42.5 Å². The monoisotopic (exact) mass is 330 g/mol. The second-order valence-corrected chi connectivity index (χ2v) is 5.89. The molecule has 0 unspecified atom stereocenters. The molecule has 0 N–H and O–H groups in total. The van der Waals surface area contributed by atoms with E-state index in [-0.39, 0.29) is 6.29 Å². The van der Waals surface area contributed by atoms with E-state index in [0.29, 0.717) is 24.0 Å². The maximum absolute atomic E-state index is 12.4. The summed E-state index contributed by atoms with van der Waals surface area (Å²) in [5.41, 5.74) is 0.0538. The van der Waals surface area contributed by atoms with E-state index in [1.807, 2.05) is 6.26 Å². The molecule has 1 saturated heterocycles. The Bertz CT molecular complexity index is 515. The number of benzene rings is 1. The molecule has 0 radical (unpaired) electrons. The van der Waals surface area contributed by atoms with E-state index >= 15 is 0 Å². The van der Waals surface area contributed by atoms with Crippen molar-refractivity contribution in [2.24, 2.45) is 0 Å².